The van der Waals surface area contributed by atoms with E-state index in [9.17, 15) is 9.59 Å². The number of carbonyl (C=O) groups excluding carboxylic acids is 2. The Balaban J connectivity index is 2.11. The first kappa shape index (κ1) is 17.6. The van der Waals surface area contributed by atoms with Crippen LogP contribution < -0.4 is 10.1 Å². The molecule has 2 amide bonds. The molecule has 1 aromatic rings. The van der Waals surface area contributed by atoms with Gasteiger partial charge in [0.15, 0.2) is 0 Å². The average molecular weight is 331 g/mol. The minimum atomic E-state index is -0.422. The number of nitrogens with zero attached hydrogens (tertiary/aromatic N) is 2. The van der Waals surface area contributed by atoms with Crippen molar-refractivity contribution in [2.75, 3.05) is 32.1 Å². The van der Waals surface area contributed by atoms with Crippen LogP contribution in [0.4, 0.5) is 10.5 Å². The molecule has 0 aromatic heterocycles. The highest BCUT2D eigenvalue weighted by Gasteiger charge is 2.29. The van der Waals surface area contributed by atoms with E-state index in [1.165, 1.54) is 12.0 Å². The highest BCUT2D eigenvalue weighted by molar-refractivity contribution is 5.94. The van der Waals surface area contributed by atoms with Gasteiger partial charge in [-0.3, -0.25) is 4.79 Å². The maximum atomic E-state index is 12.6. The zero-order valence-corrected chi connectivity index (χ0v) is 13.9. The summed E-state index contributed by atoms with van der Waals surface area (Å²) in [6, 6.07) is 6.93. The Morgan fingerprint density at radius 2 is 2.25 bits per heavy atom. The minimum Gasteiger partial charge on any atom is -0.492 e. The van der Waals surface area contributed by atoms with Crippen LogP contribution in [0.15, 0.2) is 18.2 Å². The van der Waals surface area contributed by atoms with Crippen molar-refractivity contribution in [1.82, 2.24) is 4.90 Å². The fraction of sp³-hybridized carbons (Fsp3) is 0.471. The third-order valence-electron chi connectivity index (χ3n) is 3.89. The van der Waals surface area contributed by atoms with Crippen molar-refractivity contribution in [3.05, 3.63) is 23.8 Å². The van der Waals surface area contributed by atoms with Gasteiger partial charge < -0.3 is 19.7 Å². The summed E-state index contributed by atoms with van der Waals surface area (Å²) in [7, 11) is 1.33. The molecule has 7 heteroatoms. The van der Waals surface area contributed by atoms with Crippen molar-refractivity contribution in [3.8, 4) is 11.8 Å². The Labute approximate surface area is 141 Å². The molecule has 1 N–H and O–H groups in total. The first-order chi connectivity index (χ1) is 11.6. The van der Waals surface area contributed by atoms with E-state index in [2.05, 4.69) is 5.32 Å². The minimum absolute atomic E-state index is 0.195. The molecule has 0 aliphatic carbocycles. The lowest BCUT2D eigenvalue weighted by molar-refractivity contribution is -0.121. The van der Waals surface area contributed by atoms with Gasteiger partial charge in [-0.05, 0) is 38.0 Å². The molecule has 7 nitrogen and oxygen atoms in total. The number of amides is 2. The molecular weight excluding hydrogens is 310 g/mol. The number of anilines is 1. The van der Waals surface area contributed by atoms with Gasteiger partial charge in [-0.2, -0.15) is 5.26 Å². The van der Waals surface area contributed by atoms with Crippen molar-refractivity contribution in [3.63, 3.8) is 0 Å². The molecule has 1 aliphatic heterocycles. The lowest BCUT2D eigenvalue weighted by Gasteiger charge is -2.31. The zero-order valence-electron chi connectivity index (χ0n) is 13.9. The molecular formula is C17H21N3O4. The summed E-state index contributed by atoms with van der Waals surface area (Å²) >= 11 is 0. The van der Waals surface area contributed by atoms with Crippen molar-refractivity contribution in [1.29, 1.82) is 5.26 Å². The predicted octanol–water partition coefficient (Wildman–Crippen LogP) is 2.37. The van der Waals surface area contributed by atoms with Gasteiger partial charge in [0.2, 0.25) is 5.91 Å². The second-order valence-corrected chi connectivity index (χ2v) is 5.50. The van der Waals surface area contributed by atoms with Gasteiger partial charge in [0.05, 0.1) is 37.0 Å². The molecule has 0 unspecified atom stereocenters. The molecule has 1 heterocycles. The predicted molar refractivity (Wildman–Crippen MR) is 87.7 cm³/mol. The normalized spacial score (nSPS) is 16.9. The van der Waals surface area contributed by atoms with Crippen LogP contribution in [0.25, 0.3) is 0 Å². The number of hydrogen-bond acceptors (Lipinski definition) is 5. The molecule has 24 heavy (non-hydrogen) atoms. The van der Waals surface area contributed by atoms with Crippen molar-refractivity contribution < 1.29 is 19.1 Å². The van der Waals surface area contributed by atoms with Crippen LogP contribution in [0.5, 0.6) is 5.75 Å². The maximum Gasteiger partial charge on any atom is 0.409 e. The lowest BCUT2D eigenvalue weighted by atomic mass is 9.97. The summed E-state index contributed by atoms with van der Waals surface area (Å²) < 4.78 is 10.2. The maximum absolute atomic E-state index is 12.6. The van der Waals surface area contributed by atoms with Crippen LogP contribution >= 0.6 is 0 Å². The highest BCUT2D eigenvalue weighted by atomic mass is 16.5. The molecule has 0 saturated carbocycles. The van der Waals surface area contributed by atoms with Gasteiger partial charge in [0.1, 0.15) is 5.75 Å². The van der Waals surface area contributed by atoms with Crippen LogP contribution in [-0.4, -0.2) is 43.7 Å². The largest absolute Gasteiger partial charge is 0.492 e. The number of nitrogens with one attached hydrogen (secondary N) is 1. The number of ether oxygens (including phenoxy) is 2. The van der Waals surface area contributed by atoms with E-state index >= 15 is 0 Å². The lowest BCUT2D eigenvalue weighted by Crippen LogP contribution is -2.43. The summed E-state index contributed by atoms with van der Waals surface area (Å²) in [5.74, 6) is 0.00296. The van der Waals surface area contributed by atoms with Gasteiger partial charge in [-0.15, -0.1) is 0 Å². The van der Waals surface area contributed by atoms with E-state index in [1.54, 1.807) is 18.2 Å². The van der Waals surface area contributed by atoms with E-state index in [-0.39, 0.29) is 11.8 Å². The standard InChI is InChI=1S/C17H21N3O4/c1-3-24-15-7-6-12(10-18)9-14(15)19-16(21)13-5-4-8-20(11-13)17(22)23-2/h6-7,9,13H,3-5,8,11H2,1-2H3,(H,19,21)/t13-/m1/s1. The number of methoxy groups -OCH3 is 1. The SMILES string of the molecule is CCOc1ccc(C#N)cc1NC(=O)[C@@H]1CCCN(C(=O)OC)C1. The third kappa shape index (κ3) is 4.16. The smallest absolute Gasteiger partial charge is 0.409 e. The van der Waals surface area contributed by atoms with Crippen LogP contribution in [-0.2, 0) is 9.53 Å². The number of benzene rings is 1. The number of hydrogen-bond donors (Lipinski definition) is 1. The van der Waals surface area contributed by atoms with Crippen molar-refractivity contribution in [2.24, 2.45) is 5.92 Å². The van der Waals surface area contributed by atoms with Gasteiger partial charge in [0.25, 0.3) is 0 Å². The molecule has 0 radical (unpaired) electrons. The molecule has 1 fully saturated rings. The van der Waals surface area contributed by atoms with Gasteiger partial charge in [-0.1, -0.05) is 0 Å². The fourth-order valence-corrected chi connectivity index (χ4v) is 2.70. The number of piperidine rings is 1. The van der Waals surface area contributed by atoms with Crippen LogP contribution in [0.1, 0.15) is 25.3 Å². The molecule has 1 aromatic carbocycles. The second-order valence-electron chi connectivity index (χ2n) is 5.50. The van der Waals surface area contributed by atoms with E-state index < -0.39 is 6.09 Å². The molecule has 1 aliphatic rings. The molecule has 0 bridgehead atoms. The van der Waals surface area contributed by atoms with Crippen LogP contribution in [0.2, 0.25) is 0 Å². The fourth-order valence-electron chi connectivity index (χ4n) is 2.70. The topological polar surface area (TPSA) is 91.7 Å². The van der Waals surface area contributed by atoms with E-state index in [4.69, 9.17) is 14.7 Å². The number of rotatable bonds is 4. The molecule has 128 valence electrons. The van der Waals surface area contributed by atoms with Gasteiger partial charge in [-0.25, -0.2) is 4.79 Å². The van der Waals surface area contributed by atoms with Crippen LogP contribution in [0.3, 0.4) is 0 Å². The van der Waals surface area contributed by atoms with Crippen LogP contribution in [0, 0.1) is 17.2 Å². The van der Waals surface area contributed by atoms with Crippen molar-refractivity contribution in [2.45, 2.75) is 19.8 Å². The first-order valence-electron chi connectivity index (χ1n) is 7.89. The molecule has 1 saturated heterocycles. The second kappa shape index (κ2) is 8.20. The number of carbonyl (C=O) groups is 2. The Hall–Kier alpha value is -2.75. The van der Waals surface area contributed by atoms with Gasteiger partial charge in [0, 0.05) is 13.1 Å². The Morgan fingerprint density at radius 3 is 2.92 bits per heavy atom. The Kier molecular flexibility index (Phi) is 6.01. The van der Waals surface area contributed by atoms with Crippen molar-refractivity contribution >= 4 is 17.7 Å². The zero-order chi connectivity index (χ0) is 17.5. The summed E-state index contributed by atoms with van der Waals surface area (Å²) in [6.07, 6.45) is 1.01. The molecule has 2 rings (SSSR count). The Bertz CT molecular complexity index is 654. The monoisotopic (exact) mass is 331 g/mol. The molecule has 0 spiro atoms. The quantitative estimate of drug-likeness (QED) is 0.914. The Morgan fingerprint density at radius 1 is 1.46 bits per heavy atom. The number of likely N-dealkylation sites (tertiary alicyclic amines) is 1. The van der Waals surface area contributed by atoms with Gasteiger partial charge >= 0.3 is 6.09 Å². The summed E-state index contributed by atoms with van der Waals surface area (Å²) in [5.41, 5.74) is 0.907. The average Bonchev–Trinajstić information content (AvgIpc) is 2.62. The highest BCUT2D eigenvalue weighted by Crippen LogP contribution is 2.27. The summed E-state index contributed by atoms with van der Waals surface area (Å²) in [6.45, 7) is 3.21. The summed E-state index contributed by atoms with van der Waals surface area (Å²) in [5, 5.41) is 11.9. The third-order valence-corrected chi connectivity index (χ3v) is 3.89. The molecule has 1 atom stereocenters. The first-order valence-corrected chi connectivity index (χ1v) is 7.89. The van der Waals surface area contributed by atoms with E-state index in [1.807, 2.05) is 13.0 Å². The van der Waals surface area contributed by atoms with E-state index in [0.29, 0.717) is 43.1 Å². The van der Waals surface area contributed by atoms with E-state index in [0.717, 1.165) is 6.42 Å². The summed E-state index contributed by atoms with van der Waals surface area (Å²) in [4.78, 5) is 25.7. The number of nitriles is 1.